The predicted molar refractivity (Wildman–Crippen MR) is 79.3 cm³/mol. The number of methoxy groups -OCH3 is 1. The molecule has 106 valence electrons. The number of hydrogen-bond donors (Lipinski definition) is 2. The molecule has 0 amide bonds. The Morgan fingerprint density at radius 2 is 2.25 bits per heavy atom. The molecule has 0 unspecified atom stereocenters. The zero-order chi connectivity index (χ0) is 14.4. The molecule has 0 radical (unpaired) electrons. The number of aryl methyl sites for hydroxylation is 1. The first-order valence-corrected chi connectivity index (χ1v) is 6.30. The van der Waals surface area contributed by atoms with Gasteiger partial charge in [-0.2, -0.15) is 0 Å². The summed E-state index contributed by atoms with van der Waals surface area (Å²) in [5.41, 5.74) is 7.83. The third-order valence-corrected chi connectivity index (χ3v) is 2.89. The predicted octanol–water partition coefficient (Wildman–Crippen LogP) is 1.49. The number of para-hydroxylation sites is 1. The number of nitrogens with zero attached hydrogens (tertiary/aromatic N) is 3. The van der Waals surface area contributed by atoms with Crippen molar-refractivity contribution in [3.63, 3.8) is 0 Å². The third kappa shape index (κ3) is 3.58. The zero-order valence-electron chi connectivity index (χ0n) is 11.7. The number of nitrogens with two attached hydrogens (primary N) is 1. The summed E-state index contributed by atoms with van der Waals surface area (Å²) in [6.07, 6.45) is 3.62. The summed E-state index contributed by atoms with van der Waals surface area (Å²) in [6.45, 7) is 0.963. The summed E-state index contributed by atoms with van der Waals surface area (Å²) in [4.78, 5) is 8.48. The molecule has 6 heteroatoms. The van der Waals surface area contributed by atoms with Gasteiger partial charge in [-0.05, 0) is 6.07 Å². The summed E-state index contributed by atoms with van der Waals surface area (Å²) < 4.78 is 7.06. The van der Waals surface area contributed by atoms with E-state index in [0.29, 0.717) is 19.1 Å². The molecule has 0 atom stereocenters. The lowest BCUT2D eigenvalue weighted by atomic mass is 10.2. The van der Waals surface area contributed by atoms with E-state index >= 15 is 0 Å². The van der Waals surface area contributed by atoms with Crippen LogP contribution in [0.15, 0.2) is 41.7 Å². The van der Waals surface area contributed by atoms with Gasteiger partial charge < -0.3 is 20.4 Å². The van der Waals surface area contributed by atoms with Crippen molar-refractivity contribution >= 4 is 11.6 Å². The van der Waals surface area contributed by atoms with Crippen molar-refractivity contribution in [2.45, 2.75) is 13.2 Å². The van der Waals surface area contributed by atoms with Crippen LogP contribution in [0.25, 0.3) is 0 Å². The van der Waals surface area contributed by atoms with Crippen molar-refractivity contribution in [3.05, 3.63) is 48.0 Å². The topological polar surface area (TPSA) is 77.5 Å². The van der Waals surface area contributed by atoms with Gasteiger partial charge in [-0.15, -0.1) is 0 Å². The Bertz CT molecular complexity index is 591. The molecule has 0 saturated heterocycles. The number of ether oxygens (including phenoxy) is 1. The molecular weight excluding hydrogens is 254 g/mol. The van der Waals surface area contributed by atoms with E-state index in [-0.39, 0.29) is 0 Å². The van der Waals surface area contributed by atoms with Crippen LogP contribution in [-0.2, 0) is 24.9 Å². The van der Waals surface area contributed by atoms with Gasteiger partial charge in [0.15, 0.2) is 5.96 Å². The summed E-state index contributed by atoms with van der Waals surface area (Å²) in [7, 11) is 3.59. The second-order valence-corrected chi connectivity index (χ2v) is 4.37. The molecule has 0 saturated carbocycles. The number of imidazole rings is 1. The lowest BCUT2D eigenvalue weighted by Crippen LogP contribution is -2.23. The van der Waals surface area contributed by atoms with E-state index < -0.39 is 0 Å². The SMILES string of the molecule is COCc1ccccc1NC(N)=NCc1nccn1C. The molecule has 2 aromatic rings. The maximum absolute atomic E-state index is 5.90. The number of anilines is 1. The molecule has 1 aromatic carbocycles. The van der Waals surface area contributed by atoms with Gasteiger partial charge >= 0.3 is 0 Å². The van der Waals surface area contributed by atoms with Gasteiger partial charge in [0.25, 0.3) is 0 Å². The average molecular weight is 273 g/mol. The van der Waals surface area contributed by atoms with Crippen molar-refractivity contribution in [1.29, 1.82) is 0 Å². The second kappa shape index (κ2) is 6.72. The monoisotopic (exact) mass is 273 g/mol. The quantitative estimate of drug-likeness (QED) is 0.639. The van der Waals surface area contributed by atoms with Crippen LogP contribution in [0, 0.1) is 0 Å². The fourth-order valence-electron chi connectivity index (χ4n) is 1.81. The largest absolute Gasteiger partial charge is 0.380 e. The van der Waals surface area contributed by atoms with Crippen molar-refractivity contribution < 1.29 is 4.74 Å². The number of rotatable bonds is 5. The van der Waals surface area contributed by atoms with Crippen molar-refractivity contribution in [3.8, 4) is 0 Å². The van der Waals surface area contributed by atoms with E-state index in [9.17, 15) is 0 Å². The Morgan fingerprint density at radius 1 is 1.45 bits per heavy atom. The summed E-state index contributed by atoms with van der Waals surface area (Å²) in [5, 5.41) is 3.09. The Labute approximate surface area is 118 Å². The zero-order valence-corrected chi connectivity index (χ0v) is 11.7. The summed E-state index contributed by atoms with van der Waals surface area (Å²) >= 11 is 0. The maximum Gasteiger partial charge on any atom is 0.193 e. The lowest BCUT2D eigenvalue weighted by Gasteiger charge is -2.10. The number of guanidine groups is 1. The van der Waals surface area contributed by atoms with Crippen LogP contribution in [0.4, 0.5) is 5.69 Å². The molecule has 0 aliphatic rings. The van der Waals surface area contributed by atoms with Crippen LogP contribution in [0.3, 0.4) is 0 Å². The third-order valence-electron chi connectivity index (χ3n) is 2.89. The normalized spacial score (nSPS) is 11.6. The molecule has 1 aromatic heterocycles. The van der Waals surface area contributed by atoms with Crippen LogP contribution in [-0.4, -0.2) is 22.6 Å². The van der Waals surface area contributed by atoms with Gasteiger partial charge in [-0.3, -0.25) is 0 Å². The van der Waals surface area contributed by atoms with Crippen molar-refractivity contribution in [2.75, 3.05) is 12.4 Å². The van der Waals surface area contributed by atoms with Crippen LogP contribution < -0.4 is 11.1 Å². The molecule has 0 aliphatic carbocycles. The minimum absolute atomic E-state index is 0.358. The highest BCUT2D eigenvalue weighted by molar-refractivity contribution is 5.92. The van der Waals surface area contributed by atoms with Gasteiger partial charge in [0.1, 0.15) is 12.4 Å². The Morgan fingerprint density at radius 3 is 2.95 bits per heavy atom. The molecule has 2 rings (SSSR count). The highest BCUT2D eigenvalue weighted by Crippen LogP contribution is 2.15. The lowest BCUT2D eigenvalue weighted by molar-refractivity contribution is 0.185. The first-order chi connectivity index (χ1) is 9.70. The van der Waals surface area contributed by atoms with E-state index in [2.05, 4.69) is 15.3 Å². The first-order valence-electron chi connectivity index (χ1n) is 6.30. The Hall–Kier alpha value is -2.34. The number of nitrogens with one attached hydrogen (secondary N) is 1. The second-order valence-electron chi connectivity index (χ2n) is 4.37. The maximum atomic E-state index is 5.90. The van der Waals surface area contributed by atoms with Crippen molar-refractivity contribution in [1.82, 2.24) is 9.55 Å². The van der Waals surface area contributed by atoms with Gasteiger partial charge in [-0.25, -0.2) is 9.98 Å². The molecule has 0 aliphatic heterocycles. The van der Waals surface area contributed by atoms with Crippen molar-refractivity contribution in [2.24, 2.45) is 17.8 Å². The average Bonchev–Trinajstić information content (AvgIpc) is 2.84. The molecule has 0 fully saturated rings. The van der Waals surface area contributed by atoms with Crippen LogP contribution in [0.1, 0.15) is 11.4 Å². The molecule has 20 heavy (non-hydrogen) atoms. The van der Waals surface area contributed by atoms with E-state index in [0.717, 1.165) is 17.1 Å². The van der Waals surface area contributed by atoms with E-state index in [1.165, 1.54) is 0 Å². The van der Waals surface area contributed by atoms with E-state index in [4.69, 9.17) is 10.5 Å². The fraction of sp³-hybridized carbons (Fsp3) is 0.286. The Balaban J connectivity index is 2.04. The highest BCUT2D eigenvalue weighted by Gasteiger charge is 2.03. The van der Waals surface area contributed by atoms with Gasteiger partial charge in [0.2, 0.25) is 0 Å². The highest BCUT2D eigenvalue weighted by atomic mass is 16.5. The fourth-order valence-corrected chi connectivity index (χ4v) is 1.81. The van der Waals surface area contributed by atoms with Gasteiger partial charge in [-0.1, -0.05) is 18.2 Å². The van der Waals surface area contributed by atoms with Gasteiger partial charge in [0.05, 0.1) is 6.61 Å². The standard InChI is InChI=1S/C14H19N5O/c1-19-8-7-16-13(19)9-17-14(15)18-12-6-4-3-5-11(12)10-20-2/h3-8H,9-10H2,1-2H3,(H3,15,17,18). The van der Waals surface area contributed by atoms with Crippen LogP contribution in [0.2, 0.25) is 0 Å². The number of aromatic nitrogens is 2. The minimum atomic E-state index is 0.358. The molecule has 1 heterocycles. The van der Waals surface area contributed by atoms with Crippen LogP contribution in [0.5, 0.6) is 0 Å². The number of aliphatic imine (C=N–C) groups is 1. The number of benzene rings is 1. The van der Waals surface area contributed by atoms with Crippen LogP contribution >= 0.6 is 0 Å². The summed E-state index contributed by atoms with van der Waals surface area (Å²) in [6, 6.07) is 7.82. The van der Waals surface area contributed by atoms with Gasteiger partial charge in [0, 0.05) is 37.8 Å². The summed E-state index contributed by atoms with van der Waals surface area (Å²) in [5.74, 6) is 1.22. The molecular formula is C14H19N5O. The molecule has 0 spiro atoms. The first kappa shape index (κ1) is 14.1. The number of hydrogen-bond acceptors (Lipinski definition) is 3. The Kier molecular flexibility index (Phi) is 4.73. The molecule has 3 N–H and O–H groups in total. The molecule has 0 bridgehead atoms. The van der Waals surface area contributed by atoms with E-state index in [1.54, 1.807) is 13.3 Å². The minimum Gasteiger partial charge on any atom is -0.380 e. The smallest absolute Gasteiger partial charge is 0.193 e. The molecule has 6 nitrogen and oxygen atoms in total. The van der Waals surface area contributed by atoms with E-state index in [1.807, 2.05) is 42.1 Å².